The second-order valence-corrected chi connectivity index (χ2v) is 8.26. The van der Waals surface area contributed by atoms with Gasteiger partial charge >= 0.3 is 0 Å². The number of ether oxygens (including phenoxy) is 1. The maximum Gasteiger partial charge on any atom is 0.269 e. The summed E-state index contributed by atoms with van der Waals surface area (Å²) in [5.74, 6) is 0.810. The lowest BCUT2D eigenvalue weighted by Crippen LogP contribution is -2.27. The maximum absolute atomic E-state index is 13.6. The molecular formula is C26H23N3O4. The van der Waals surface area contributed by atoms with Crippen molar-refractivity contribution >= 4 is 22.8 Å². The lowest BCUT2D eigenvalue weighted by atomic mass is 9.78. The van der Waals surface area contributed by atoms with Crippen molar-refractivity contribution in [2.24, 2.45) is 0 Å². The summed E-state index contributed by atoms with van der Waals surface area (Å²) in [6.07, 6.45) is 1.02. The van der Waals surface area contributed by atoms with Crippen molar-refractivity contribution < 1.29 is 14.5 Å². The first kappa shape index (κ1) is 20.8. The molecule has 33 heavy (non-hydrogen) atoms. The first-order valence-electron chi connectivity index (χ1n) is 10.8. The fourth-order valence-corrected chi connectivity index (χ4v) is 4.75. The molecule has 0 bridgehead atoms. The van der Waals surface area contributed by atoms with Crippen LogP contribution in [0.15, 0.2) is 84.1 Å². The Morgan fingerprint density at radius 2 is 1.64 bits per heavy atom. The third kappa shape index (κ3) is 3.82. The van der Waals surface area contributed by atoms with Gasteiger partial charge in [-0.15, -0.1) is 0 Å². The Balaban J connectivity index is 1.60. The number of hydrogen-bond donors (Lipinski definition) is 2. The molecule has 0 saturated carbocycles. The van der Waals surface area contributed by atoms with Crippen LogP contribution in [0.4, 0.5) is 17.1 Å². The van der Waals surface area contributed by atoms with Crippen LogP contribution < -0.4 is 15.4 Å². The molecular weight excluding hydrogens is 418 g/mol. The van der Waals surface area contributed by atoms with E-state index in [4.69, 9.17) is 4.74 Å². The minimum Gasteiger partial charge on any atom is -0.496 e. The molecule has 1 heterocycles. The molecule has 7 heteroatoms. The molecule has 1 aliphatic heterocycles. The number of carbonyl (C=O) groups excluding carboxylic acids is 1. The molecule has 0 fully saturated rings. The van der Waals surface area contributed by atoms with Crippen LogP contribution in [-0.4, -0.2) is 17.8 Å². The number of non-ortho nitro benzene ring substituents is 1. The van der Waals surface area contributed by atoms with Crippen molar-refractivity contribution in [3.8, 4) is 5.75 Å². The normalized spacial score (nSPS) is 19.5. The Labute approximate surface area is 191 Å². The van der Waals surface area contributed by atoms with E-state index in [2.05, 4.69) is 10.6 Å². The van der Waals surface area contributed by atoms with Crippen LogP contribution in [0.1, 0.15) is 35.9 Å². The van der Waals surface area contributed by atoms with E-state index in [0.29, 0.717) is 18.4 Å². The summed E-state index contributed by atoms with van der Waals surface area (Å²) in [6.45, 7) is 0. The molecule has 2 unspecified atom stereocenters. The van der Waals surface area contributed by atoms with E-state index in [0.717, 1.165) is 33.9 Å². The highest BCUT2D eigenvalue weighted by Gasteiger charge is 2.36. The number of anilines is 2. The average Bonchev–Trinajstić information content (AvgIpc) is 3.01. The molecule has 166 valence electrons. The number of fused-ring (bicyclic) bond motifs is 1. The molecule has 5 rings (SSSR count). The predicted octanol–water partition coefficient (Wildman–Crippen LogP) is 5.58. The molecule has 2 atom stereocenters. The molecule has 0 amide bonds. The summed E-state index contributed by atoms with van der Waals surface area (Å²) >= 11 is 0. The number of methoxy groups -OCH3 is 1. The zero-order valence-electron chi connectivity index (χ0n) is 18.1. The Bertz CT molecular complexity index is 1270. The third-order valence-corrected chi connectivity index (χ3v) is 6.32. The predicted molar refractivity (Wildman–Crippen MR) is 127 cm³/mol. The lowest BCUT2D eigenvalue weighted by molar-refractivity contribution is -0.384. The van der Waals surface area contributed by atoms with Crippen molar-refractivity contribution in [2.45, 2.75) is 24.8 Å². The van der Waals surface area contributed by atoms with E-state index in [9.17, 15) is 14.9 Å². The van der Waals surface area contributed by atoms with E-state index < -0.39 is 11.0 Å². The molecule has 3 aromatic rings. The number of nitro benzene ring substituents is 1. The van der Waals surface area contributed by atoms with Gasteiger partial charge in [0.05, 0.1) is 29.4 Å². The van der Waals surface area contributed by atoms with Crippen LogP contribution in [0, 0.1) is 10.1 Å². The minimum atomic E-state index is -0.421. The van der Waals surface area contributed by atoms with E-state index in [1.165, 1.54) is 12.1 Å². The molecule has 0 saturated heterocycles. The first-order chi connectivity index (χ1) is 16.0. The van der Waals surface area contributed by atoms with E-state index in [1.807, 2.05) is 48.5 Å². The molecule has 7 nitrogen and oxygen atoms in total. The Morgan fingerprint density at radius 3 is 2.36 bits per heavy atom. The summed E-state index contributed by atoms with van der Waals surface area (Å²) in [7, 11) is 1.64. The summed E-state index contributed by atoms with van der Waals surface area (Å²) in [6, 6.07) is 21.6. The molecule has 2 aliphatic rings. The Kier molecular flexibility index (Phi) is 5.30. The monoisotopic (exact) mass is 441 g/mol. The number of benzene rings is 3. The number of nitrogens with zero attached hydrogens (tertiary/aromatic N) is 1. The maximum atomic E-state index is 13.6. The van der Waals surface area contributed by atoms with Gasteiger partial charge in [0.25, 0.3) is 5.69 Å². The average molecular weight is 441 g/mol. The topological polar surface area (TPSA) is 93.5 Å². The number of nitro groups is 1. The Hall–Kier alpha value is -4.13. The fraction of sp³-hybridized carbons (Fsp3) is 0.192. The number of hydrogen-bond acceptors (Lipinski definition) is 6. The minimum absolute atomic E-state index is 0.0114. The first-order valence-corrected chi connectivity index (χ1v) is 10.8. The van der Waals surface area contributed by atoms with Gasteiger partial charge in [-0.05, 0) is 47.9 Å². The van der Waals surface area contributed by atoms with Crippen molar-refractivity contribution in [3.63, 3.8) is 0 Å². The lowest BCUT2D eigenvalue weighted by Gasteiger charge is -2.30. The SMILES string of the molecule is COc1ccccc1C1CC(=O)C2=C(C1)Nc1ccccc1NC2c1ccc([N+](=O)[O-])cc1. The van der Waals surface area contributed by atoms with Gasteiger partial charge in [0.2, 0.25) is 0 Å². The highest BCUT2D eigenvalue weighted by molar-refractivity contribution is 6.01. The summed E-state index contributed by atoms with van der Waals surface area (Å²) in [4.78, 5) is 24.3. The van der Waals surface area contributed by atoms with Crippen molar-refractivity contribution in [3.05, 3.63) is 105 Å². The van der Waals surface area contributed by atoms with Crippen LogP contribution in [0.5, 0.6) is 5.75 Å². The van der Waals surface area contributed by atoms with Crippen LogP contribution in [-0.2, 0) is 4.79 Å². The number of para-hydroxylation sites is 3. The second kappa shape index (κ2) is 8.43. The standard InChI is InChI=1S/C26H23N3O4/c1-33-24-9-5-2-6-19(24)17-14-22-25(23(30)15-17)26(16-10-12-18(13-11-16)29(31)32)28-21-8-4-3-7-20(21)27-22/h2-13,17,26-28H,14-15H2,1H3. The molecule has 2 N–H and O–H groups in total. The molecule has 0 spiro atoms. The van der Waals surface area contributed by atoms with Crippen LogP contribution in [0.2, 0.25) is 0 Å². The molecule has 1 aliphatic carbocycles. The molecule has 0 radical (unpaired) electrons. The highest BCUT2D eigenvalue weighted by atomic mass is 16.6. The van der Waals surface area contributed by atoms with E-state index >= 15 is 0 Å². The number of carbonyl (C=O) groups is 1. The smallest absolute Gasteiger partial charge is 0.269 e. The molecule has 0 aromatic heterocycles. The number of allylic oxidation sites excluding steroid dienone is 1. The van der Waals surface area contributed by atoms with Gasteiger partial charge in [-0.25, -0.2) is 0 Å². The zero-order chi connectivity index (χ0) is 22.9. The number of rotatable bonds is 4. The van der Waals surface area contributed by atoms with Crippen molar-refractivity contribution in [2.75, 3.05) is 17.7 Å². The molecule has 3 aromatic carbocycles. The van der Waals surface area contributed by atoms with Crippen molar-refractivity contribution in [1.29, 1.82) is 0 Å². The van der Waals surface area contributed by atoms with Gasteiger partial charge in [0.1, 0.15) is 5.75 Å². The van der Waals surface area contributed by atoms with Gasteiger partial charge in [-0.2, -0.15) is 0 Å². The summed E-state index contributed by atoms with van der Waals surface area (Å²) < 4.78 is 5.56. The largest absolute Gasteiger partial charge is 0.496 e. The van der Waals surface area contributed by atoms with Crippen LogP contribution in [0.25, 0.3) is 0 Å². The summed E-state index contributed by atoms with van der Waals surface area (Å²) in [5.41, 5.74) is 5.13. The third-order valence-electron chi connectivity index (χ3n) is 6.32. The number of nitrogens with one attached hydrogen (secondary N) is 2. The van der Waals surface area contributed by atoms with Gasteiger partial charge < -0.3 is 15.4 Å². The highest BCUT2D eigenvalue weighted by Crippen LogP contribution is 2.45. The van der Waals surface area contributed by atoms with Crippen LogP contribution in [0.3, 0.4) is 0 Å². The van der Waals surface area contributed by atoms with Crippen molar-refractivity contribution in [1.82, 2.24) is 0 Å². The number of ketones is 1. The van der Waals surface area contributed by atoms with Gasteiger partial charge in [-0.1, -0.05) is 30.3 Å². The second-order valence-electron chi connectivity index (χ2n) is 8.26. The number of Topliss-reactive ketones (excluding diaryl/α,β-unsaturated/α-hetero) is 1. The van der Waals surface area contributed by atoms with E-state index in [-0.39, 0.29) is 17.4 Å². The van der Waals surface area contributed by atoms with Gasteiger partial charge in [0, 0.05) is 35.7 Å². The van der Waals surface area contributed by atoms with Gasteiger partial charge in [0.15, 0.2) is 5.78 Å². The quantitative estimate of drug-likeness (QED) is 0.405. The summed E-state index contributed by atoms with van der Waals surface area (Å²) in [5, 5.41) is 18.1. The van der Waals surface area contributed by atoms with Crippen LogP contribution >= 0.6 is 0 Å². The van der Waals surface area contributed by atoms with E-state index in [1.54, 1.807) is 19.2 Å². The van der Waals surface area contributed by atoms with Gasteiger partial charge in [-0.3, -0.25) is 14.9 Å². The fourth-order valence-electron chi connectivity index (χ4n) is 4.75. The Morgan fingerprint density at radius 1 is 0.939 bits per heavy atom. The zero-order valence-corrected chi connectivity index (χ0v) is 18.1.